The van der Waals surface area contributed by atoms with Gasteiger partial charge in [-0.2, -0.15) is 0 Å². The Hall–Kier alpha value is -16.9. The van der Waals surface area contributed by atoms with Crippen LogP contribution in [0.15, 0.2) is 491 Å². The lowest BCUT2D eigenvalue weighted by Gasteiger charge is -2.48. The number of rotatable bonds is 16. The molecule has 602 valence electrons. The number of hydrogen-bond acceptors (Lipinski definition) is 6. The van der Waals surface area contributed by atoms with Crippen molar-refractivity contribution in [1.29, 1.82) is 0 Å². The highest BCUT2D eigenvalue weighted by Crippen LogP contribution is 2.55. The summed E-state index contributed by atoms with van der Waals surface area (Å²) in [5, 5.41) is 2.39. The summed E-state index contributed by atoms with van der Waals surface area (Å²) in [5.41, 5.74) is 40.9. The normalized spacial score (nSPS) is 12.6. The first kappa shape index (κ1) is 74.7. The minimum atomic E-state index is -0.346. The first-order chi connectivity index (χ1) is 64.0. The molecule has 0 saturated carbocycles. The second kappa shape index (κ2) is 31.1. The largest absolute Gasteiger partial charge is 0.311 e. The zero-order valence-corrected chi connectivity index (χ0v) is 70.6. The van der Waals surface area contributed by atoms with Crippen LogP contribution in [0.25, 0.3) is 83.1 Å². The van der Waals surface area contributed by atoms with Crippen LogP contribution in [0.1, 0.15) is 0 Å². The van der Waals surface area contributed by atoms with Crippen molar-refractivity contribution in [1.82, 2.24) is 4.57 Å². The van der Waals surface area contributed by atoms with Gasteiger partial charge in [-0.1, -0.05) is 334 Å². The van der Waals surface area contributed by atoms with Crippen molar-refractivity contribution in [3.63, 3.8) is 0 Å². The third-order valence-electron chi connectivity index (χ3n) is 26.6. The number of fused-ring (bicyclic) bond motifs is 11. The first-order valence-corrected chi connectivity index (χ1v) is 44.5. The fraction of sp³-hybridized carbons (Fsp3) is 0. The number of benzene rings is 20. The summed E-state index contributed by atoms with van der Waals surface area (Å²) in [5.74, 6) is 0. The number of hydrogen-bond donors (Lipinski definition) is 0. The molecule has 4 aliphatic heterocycles. The van der Waals surface area contributed by atoms with Gasteiger partial charge in [0.25, 0.3) is 13.4 Å². The predicted molar refractivity (Wildman–Crippen MR) is 545 cm³/mol. The summed E-state index contributed by atoms with van der Waals surface area (Å²) in [6, 6.07) is 183. The molecule has 21 aromatic rings. The van der Waals surface area contributed by atoms with Gasteiger partial charge in [0.15, 0.2) is 0 Å². The van der Waals surface area contributed by atoms with E-state index >= 15 is 0 Å². The van der Waals surface area contributed by atoms with E-state index in [0.717, 1.165) is 175 Å². The van der Waals surface area contributed by atoms with E-state index < -0.39 is 0 Å². The lowest BCUT2D eigenvalue weighted by molar-refractivity contribution is 1.18. The quantitative estimate of drug-likeness (QED) is 0.0894. The van der Waals surface area contributed by atoms with Crippen LogP contribution >= 0.6 is 0 Å². The Bertz CT molecular complexity index is 7880. The van der Waals surface area contributed by atoms with Gasteiger partial charge in [0.1, 0.15) is 0 Å². The van der Waals surface area contributed by atoms with Gasteiger partial charge < -0.3 is 34.0 Å². The molecule has 20 aromatic carbocycles. The Morgan fingerprint density at radius 3 is 0.930 bits per heavy atom. The summed E-state index contributed by atoms with van der Waals surface area (Å²) in [6.45, 7) is -0.668. The highest BCUT2D eigenvalue weighted by molar-refractivity contribution is 7.03. The summed E-state index contributed by atoms with van der Waals surface area (Å²) in [6.07, 6.45) is 0. The van der Waals surface area contributed by atoms with Crippen molar-refractivity contribution in [2.75, 3.05) is 29.4 Å². The fourth-order valence-corrected chi connectivity index (χ4v) is 21.0. The van der Waals surface area contributed by atoms with Gasteiger partial charge in [0.05, 0.1) is 28.1 Å². The highest BCUT2D eigenvalue weighted by atomic mass is 15.2. The van der Waals surface area contributed by atoms with E-state index in [2.05, 4.69) is 525 Å². The number of anilines is 18. The van der Waals surface area contributed by atoms with Crippen molar-refractivity contribution >= 4 is 170 Å². The zero-order chi connectivity index (χ0) is 85.0. The molecule has 25 rings (SSSR count). The van der Waals surface area contributed by atoms with Gasteiger partial charge >= 0.3 is 0 Å². The van der Waals surface area contributed by atoms with Crippen molar-refractivity contribution < 1.29 is 0 Å². The molecule has 0 fully saturated rings. The van der Waals surface area contributed by atoms with Gasteiger partial charge in [-0.05, 0) is 241 Å². The van der Waals surface area contributed by atoms with Crippen LogP contribution in [0, 0.1) is 0 Å². The Kier molecular flexibility index (Phi) is 18.0. The van der Waals surface area contributed by atoms with Crippen LogP contribution in [0.3, 0.4) is 0 Å². The molecule has 7 nitrogen and oxygen atoms in total. The van der Waals surface area contributed by atoms with E-state index in [1.807, 2.05) is 0 Å². The van der Waals surface area contributed by atoms with Crippen molar-refractivity contribution in [3.05, 3.63) is 491 Å². The van der Waals surface area contributed by atoms with Gasteiger partial charge in [0, 0.05) is 107 Å². The second-order valence-electron chi connectivity index (χ2n) is 33.9. The maximum atomic E-state index is 2.69. The van der Waals surface area contributed by atoms with E-state index in [1.165, 1.54) is 43.5 Å². The Morgan fingerprint density at radius 2 is 0.488 bits per heavy atom. The van der Waals surface area contributed by atoms with Gasteiger partial charge in [-0.15, -0.1) is 0 Å². The molecule has 0 N–H and O–H groups in total. The van der Waals surface area contributed by atoms with Crippen LogP contribution in [0.4, 0.5) is 102 Å². The number of para-hydroxylation sites is 8. The molecule has 0 spiro atoms. The van der Waals surface area contributed by atoms with Crippen LogP contribution < -0.4 is 62.2 Å². The van der Waals surface area contributed by atoms with E-state index in [1.54, 1.807) is 0 Å². The molecule has 0 bridgehead atoms. The zero-order valence-electron chi connectivity index (χ0n) is 70.6. The summed E-state index contributed by atoms with van der Waals surface area (Å²) in [7, 11) is 0. The topological polar surface area (TPSA) is 24.4 Å². The Balaban J connectivity index is 0.824. The van der Waals surface area contributed by atoms with Crippen LogP contribution in [-0.4, -0.2) is 18.0 Å². The lowest BCUT2D eigenvalue weighted by Crippen LogP contribution is -2.65. The maximum Gasteiger partial charge on any atom is 0.252 e. The average Bonchev–Trinajstić information content (AvgIpc) is 1.19. The maximum absolute atomic E-state index is 2.69. The van der Waals surface area contributed by atoms with Gasteiger partial charge in [0.2, 0.25) is 0 Å². The monoisotopic (exact) mass is 1640 g/mol. The molecule has 5 heterocycles. The molecule has 4 aliphatic rings. The molecular weight excluding hydrogens is 1560 g/mol. The van der Waals surface area contributed by atoms with E-state index in [0.29, 0.717) is 0 Å². The average molecular weight is 1640 g/mol. The number of nitrogens with zero attached hydrogens (tertiary/aromatic N) is 7. The van der Waals surface area contributed by atoms with Crippen molar-refractivity contribution in [2.24, 2.45) is 0 Å². The van der Waals surface area contributed by atoms with E-state index in [-0.39, 0.29) is 13.4 Å². The molecule has 0 amide bonds. The SMILES string of the molecule is c1ccc(-c2cccc(N(c3ccccc3)c3cc4c5c(c3)N(c3ccccc3)c3cc6c(cc3B5c3ccc(-c5ccccc5)cc3N4c3ccccc3)B3c4ccc(-c5ccccc5)cc4N(c4ccccc4)c4cc(N(c5ccccc5)c5cccc(-c7ccccc7)c5)cc(c43)N6c3ccccc3-c3ccc4c5ccccc5n(-c5ccccc5)c4c3)c2)cc1. The molecular formula is C120H81B2N7. The minimum Gasteiger partial charge on any atom is -0.311 e. The third kappa shape index (κ3) is 12.6. The molecule has 0 unspecified atom stereocenters. The molecule has 0 saturated heterocycles. The molecule has 129 heavy (non-hydrogen) atoms. The Morgan fingerprint density at radius 1 is 0.163 bits per heavy atom. The lowest BCUT2D eigenvalue weighted by atomic mass is 9.30. The standard InChI is InChI=1S/C120H81B2N7/c1-11-37-82(38-12-1)86-45-35-59-97(71-86)123(91-47-19-5-20-48-91)99-76-115-119-116(77-99)128(96-57-29-10-30-58-96)113-81-114-107(80-106(113)121(119)104-69-66-88(84-41-15-3-16-42-84)73-111(104)126(115)94-53-25-8-26-54-94)122-105-70-67-89(85-43-17-4-18-44-85)74-112(105)127(95-55-27-9-28-56-95)117-78-100(124(92-49-21-6-22-50-92)98-60-36-46-87(72-98)83-39-13-2-14-40-83)79-118(120(117)122)129(114)108-63-33-31-61-101(108)90-65-68-103-102-62-32-34-64-109(102)125(110(103)75-90)93-51-23-7-24-52-93/h1-81H. The Labute approximate surface area is 751 Å². The minimum absolute atomic E-state index is 0.321. The molecule has 1 aromatic heterocycles. The molecule has 0 aliphatic carbocycles. The van der Waals surface area contributed by atoms with Crippen LogP contribution in [0.5, 0.6) is 0 Å². The van der Waals surface area contributed by atoms with Crippen molar-refractivity contribution in [2.45, 2.75) is 0 Å². The fourth-order valence-electron chi connectivity index (χ4n) is 21.0. The molecule has 0 radical (unpaired) electrons. The smallest absolute Gasteiger partial charge is 0.252 e. The number of aromatic nitrogens is 1. The van der Waals surface area contributed by atoms with E-state index in [4.69, 9.17) is 0 Å². The van der Waals surface area contributed by atoms with Crippen LogP contribution in [0.2, 0.25) is 0 Å². The third-order valence-corrected chi connectivity index (χ3v) is 26.6. The molecule has 0 atom stereocenters. The first-order valence-electron chi connectivity index (χ1n) is 44.5. The molecule has 9 heteroatoms. The predicted octanol–water partition coefficient (Wildman–Crippen LogP) is 28.2. The van der Waals surface area contributed by atoms with E-state index in [9.17, 15) is 0 Å². The van der Waals surface area contributed by atoms with Gasteiger partial charge in [-0.3, -0.25) is 0 Å². The second-order valence-corrected chi connectivity index (χ2v) is 33.9. The summed E-state index contributed by atoms with van der Waals surface area (Å²) >= 11 is 0. The summed E-state index contributed by atoms with van der Waals surface area (Å²) < 4.78 is 2.45. The van der Waals surface area contributed by atoms with Gasteiger partial charge in [-0.25, -0.2) is 0 Å². The van der Waals surface area contributed by atoms with Crippen molar-refractivity contribution in [3.8, 4) is 61.3 Å². The van der Waals surface area contributed by atoms with Crippen LogP contribution in [-0.2, 0) is 0 Å². The highest BCUT2D eigenvalue weighted by Gasteiger charge is 2.50. The summed E-state index contributed by atoms with van der Waals surface area (Å²) in [4.78, 5) is 15.4.